The van der Waals surface area contributed by atoms with E-state index in [1.54, 1.807) is 42.7 Å². The molecule has 1 saturated carbocycles. The molecule has 0 amide bonds. The molecule has 4 rings (SSSR count). The topological polar surface area (TPSA) is 92.4 Å². The van der Waals surface area contributed by atoms with Crippen LogP contribution in [-0.4, -0.2) is 37.1 Å². The van der Waals surface area contributed by atoms with Gasteiger partial charge in [0.2, 0.25) is 5.28 Å². The maximum Gasteiger partial charge on any atom is 0.335 e. The number of carbonyl (C=O) groups excluding carboxylic acids is 1. The number of aryl methyl sites for hydroxylation is 1. The number of ketones is 1. The van der Waals surface area contributed by atoms with E-state index >= 15 is 0 Å². The van der Waals surface area contributed by atoms with E-state index in [1.165, 1.54) is 0 Å². The van der Waals surface area contributed by atoms with Gasteiger partial charge in [0, 0.05) is 11.8 Å². The van der Waals surface area contributed by atoms with Gasteiger partial charge in [-0.3, -0.25) is 4.79 Å². The van der Waals surface area contributed by atoms with E-state index in [2.05, 4.69) is 16.8 Å². The second-order valence-corrected chi connectivity index (χ2v) is 10.1. The number of hydrogen-bond donors (Lipinski definition) is 2. The number of Topliss-reactive ketones (excluding diaryl/α,β-unsaturated/α-hetero) is 1. The van der Waals surface area contributed by atoms with Crippen LogP contribution in [0.15, 0.2) is 48.5 Å². The van der Waals surface area contributed by atoms with Gasteiger partial charge in [0.15, 0.2) is 5.78 Å². The molecule has 0 saturated heterocycles. The standard InChI is InChI=1S/C28H27ClN2O4/c1-18-4-6-19(7-5-18)17-31-24(22(30-26(31)29)12-13-27(2,3)35)23(32)16-28(14-15-28)21-10-8-20(9-11-21)25(33)34/h4-11,35H,14-17H2,1-3H3,(H,33,34). The summed E-state index contributed by atoms with van der Waals surface area (Å²) in [5.41, 5.74) is 2.21. The van der Waals surface area contributed by atoms with Crippen LogP contribution in [0, 0.1) is 18.8 Å². The summed E-state index contributed by atoms with van der Waals surface area (Å²) < 4.78 is 1.67. The van der Waals surface area contributed by atoms with Gasteiger partial charge in [-0.15, -0.1) is 0 Å². The number of carbonyl (C=O) groups is 2. The number of hydrogen-bond acceptors (Lipinski definition) is 4. The summed E-state index contributed by atoms with van der Waals surface area (Å²) >= 11 is 6.49. The van der Waals surface area contributed by atoms with Gasteiger partial charge in [0.1, 0.15) is 17.0 Å². The number of benzene rings is 2. The van der Waals surface area contributed by atoms with Crippen molar-refractivity contribution in [3.05, 3.63) is 87.5 Å². The van der Waals surface area contributed by atoms with Crippen molar-refractivity contribution in [3.8, 4) is 11.8 Å². The summed E-state index contributed by atoms with van der Waals surface area (Å²) in [4.78, 5) is 29.3. The number of halogens is 1. The molecule has 1 aliphatic rings. The number of carboxylic acids is 1. The van der Waals surface area contributed by atoms with Crippen molar-refractivity contribution in [2.24, 2.45) is 0 Å². The van der Waals surface area contributed by atoms with E-state index < -0.39 is 11.6 Å². The number of rotatable bonds is 7. The lowest BCUT2D eigenvalue weighted by atomic mass is 9.88. The molecule has 0 radical (unpaired) electrons. The van der Waals surface area contributed by atoms with Crippen molar-refractivity contribution in [1.29, 1.82) is 0 Å². The van der Waals surface area contributed by atoms with Crippen molar-refractivity contribution >= 4 is 23.4 Å². The Morgan fingerprint density at radius 1 is 1.11 bits per heavy atom. The van der Waals surface area contributed by atoms with Gasteiger partial charge < -0.3 is 14.8 Å². The van der Waals surface area contributed by atoms with Gasteiger partial charge in [-0.25, -0.2) is 9.78 Å². The molecule has 6 nitrogen and oxygen atoms in total. The quantitative estimate of drug-likeness (QED) is 0.358. The molecule has 0 bridgehead atoms. The Hall–Kier alpha value is -3.40. The summed E-state index contributed by atoms with van der Waals surface area (Å²) in [6.45, 7) is 5.49. The molecule has 1 heterocycles. The number of nitrogens with zero attached hydrogens (tertiary/aromatic N) is 2. The number of aliphatic hydroxyl groups is 1. The van der Waals surface area contributed by atoms with Crippen molar-refractivity contribution in [2.45, 2.75) is 57.6 Å². The molecule has 0 unspecified atom stereocenters. The van der Waals surface area contributed by atoms with Gasteiger partial charge in [0.05, 0.1) is 12.1 Å². The molecular weight excluding hydrogens is 464 g/mol. The van der Waals surface area contributed by atoms with Crippen LogP contribution in [0.3, 0.4) is 0 Å². The first-order chi connectivity index (χ1) is 16.5. The van der Waals surface area contributed by atoms with Gasteiger partial charge in [0.25, 0.3) is 0 Å². The minimum atomic E-state index is -1.25. The first-order valence-corrected chi connectivity index (χ1v) is 11.8. The summed E-state index contributed by atoms with van der Waals surface area (Å²) in [7, 11) is 0. The third-order valence-corrected chi connectivity index (χ3v) is 6.52. The monoisotopic (exact) mass is 490 g/mol. The van der Waals surface area contributed by atoms with Crippen LogP contribution >= 0.6 is 11.6 Å². The molecule has 35 heavy (non-hydrogen) atoms. The molecule has 1 aliphatic carbocycles. The maximum atomic E-state index is 13.7. The normalized spacial score (nSPS) is 14.2. The van der Waals surface area contributed by atoms with Crippen molar-refractivity contribution in [2.75, 3.05) is 0 Å². The first-order valence-electron chi connectivity index (χ1n) is 11.4. The highest BCUT2D eigenvalue weighted by atomic mass is 35.5. The fourth-order valence-corrected chi connectivity index (χ4v) is 4.33. The van der Waals surface area contributed by atoms with Crippen molar-refractivity contribution < 1.29 is 19.8 Å². The summed E-state index contributed by atoms with van der Waals surface area (Å²) in [5, 5.41) is 19.4. The second kappa shape index (κ2) is 9.33. The average Bonchev–Trinajstić information content (AvgIpc) is 3.51. The lowest BCUT2D eigenvalue weighted by Gasteiger charge is -2.16. The zero-order chi connectivity index (χ0) is 25.4. The molecule has 1 fully saturated rings. The molecule has 7 heteroatoms. The van der Waals surface area contributed by atoms with Crippen molar-refractivity contribution in [1.82, 2.24) is 9.55 Å². The Morgan fingerprint density at radius 3 is 2.29 bits per heavy atom. The molecular formula is C28H27ClN2O4. The van der Waals surface area contributed by atoms with Gasteiger partial charge in [-0.1, -0.05) is 47.9 Å². The van der Waals surface area contributed by atoms with Crippen LogP contribution in [0.5, 0.6) is 0 Å². The van der Waals surface area contributed by atoms with E-state index in [0.29, 0.717) is 12.2 Å². The van der Waals surface area contributed by atoms with Crippen LogP contribution in [0.1, 0.15) is 76.3 Å². The smallest absolute Gasteiger partial charge is 0.335 e. The molecule has 3 aromatic rings. The fourth-order valence-electron chi connectivity index (χ4n) is 4.10. The number of aromatic nitrogens is 2. The fraction of sp³-hybridized carbons (Fsp3) is 0.321. The Bertz CT molecular complexity index is 1330. The van der Waals surface area contributed by atoms with Gasteiger partial charge in [-0.2, -0.15) is 0 Å². The molecule has 1 aromatic heterocycles. The number of aromatic carboxylic acids is 1. The summed E-state index contributed by atoms with van der Waals surface area (Å²) in [6, 6.07) is 14.7. The lowest BCUT2D eigenvalue weighted by Crippen LogP contribution is -2.19. The molecule has 0 atom stereocenters. The molecule has 2 aromatic carbocycles. The minimum absolute atomic E-state index is 0.142. The molecule has 0 aliphatic heterocycles. The molecule has 2 N–H and O–H groups in total. The van der Waals surface area contributed by atoms with Crippen LogP contribution in [-0.2, 0) is 12.0 Å². The zero-order valence-electron chi connectivity index (χ0n) is 19.9. The van der Waals surface area contributed by atoms with Gasteiger partial charge >= 0.3 is 5.97 Å². The Morgan fingerprint density at radius 2 is 1.74 bits per heavy atom. The Balaban J connectivity index is 1.70. The van der Waals surface area contributed by atoms with E-state index in [1.807, 2.05) is 31.2 Å². The van der Waals surface area contributed by atoms with Crippen LogP contribution < -0.4 is 0 Å². The van der Waals surface area contributed by atoms with E-state index in [4.69, 9.17) is 11.6 Å². The summed E-state index contributed by atoms with van der Waals surface area (Å²) in [5.74, 6) is 4.46. The first kappa shape index (κ1) is 24.7. The maximum absolute atomic E-state index is 13.7. The molecule has 180 valence electrons. The third kappa shape index (κ3) is 5.64. The predicted molar refractivity (Wildman–Crippen MR) is 134 cm³/mol. The molecule has 0 spiro atoms. The van der Waals surface area contributed by atoms with E-state index in [-0.39, 0.29) is 34.2 Å². The van der Waals surface area contributed by atoms with Crippen LogP contribution in [0.2, 0.25) is 5.28 Å². The summed E-state index contributed by atoms with van der Waals surface area (Å²) in [6.07, 6.45) is 1.89. The largest absolute Gasteiger partial charge is 0.478 e. The average molecular weight is 491 g/mol. The van der Waals surface area contributed by atoms with E-state index in [9.17, 15) is 19.8 Å². The van der Waals surface area contributed by atoms with E-state index in [0.717, 1.165) is 29.5 Å². The Kier molecular flexibility index (Phi) is 6.59. The third-order valence-electron chi connectivity index (χ3n) is 6.23. The second-order valence-electron chi connectivity index (χ2n) is 9.72. The highest BCUT2D eigenvalue weighted by molar-refractivity contribution is 6.29. The lowest BCUT2D eigenvalue weighted by molar-refractivity contribution is 0.0696. The number of imidazole rings is 1. The van der Waals surface area contributed by atoms with Crippen LogP contribution in [0.4, 0.5) is 0 Å². The highest BCUT2D eigenvalue weighted by Crippen LogP contribution is 2.51. The highest BCUT2D eigenvalue weighted by Gasteiger charge is 2.46. The number of carboxylic acid groups (broad SMARTS) is 1. The minimum Gasteiger partial charge on any atom is -0.478 e. The SMILES string of the molecule is Cc1ccc(Cn2c(Cl)nc(C#CC(C)(C)O)c2C(=O)CC2(c3ccc(C(=O)O)cc3)CC2)cc1. The predicted octanol–water partition coefficient (Wildman–Crippen LogP) is 5.02. The zero-order valence-corrected chi connectivity index (χ0v) is 20.7. The van der Waals surface area contributed by atoms with Crippen LogP contribution in [0.25, 0.3) is 0 Å². The van der Waals surface area contributed by atoms with Crippen molar-refractivity contribution in [3.63, 3.8) is 0 Å². The Labute approximate surface area is 209 Å². The van der Waals surface area contributed by atoms with Gasteiger partial charge in [-0.05, 0) is 74.4 Å².